The Bertz CT molecular complexity index is 324. The van der Waals surface area contributed by atoms with Crippen LogP contribution in [0.5, 0.6) is 0 Å². The Morgan fingerprint density at radius 1 is 1.10 bits per heavy atom. The van der Waals surface area contributed by atoms with Gasteiger partial charge in [-0.25, -0.2) is 0 Å². The molecular formula is C16H26O4. The summed E-state index contributed by atoms with van der Waals surface area (Å²) in [5, 5.41) is 0. The van der Waals surface area contributed by atoms with E-state index < -0.39 is 0 Å². The van der Waals surface area contributed by atoms with Crippen LogP contribution in [0.2, 0.25) is 0 Å². The van der Waals surface area contributed by atoms with E-state index >= 15 is 0 Å². The van der Waals surface area contributed by atoms with E-state index in [1.807, 2.05) is 0 Å². The van der Waals surface area contributed by atoms with E-state index in [1.165, 1.54) is 0 Å². The van der Waals surface area contributed by atoms with E-state index in [9.17, 15) is 4.79 Å². The Labute approximate surface area is 121 Å². The lowest BCUT2D eigenvalue weighted by Crippen LogP contribution is -2.45. The maximum absolute atomic E-state index is 12.4. The van der Waals surface area contributed by atoms with Crippen LogP contribution in [0.4, 0.5) is 0 Å². The molecule has 0 amide bonds. The van der Waals surface area contributed by atoms with Gasteiger partial charge in [0.15, 0.2) is 0 Å². The summed E-state index contributed by atoms with van der Waals surface area (Å²) in [7, 11) is 0. The van der Waals surface area contributed by atoms with Gasteiger partial charge in [-0.3, -0.25) is 4.79 Å². The first-order chi connectivity index (χ1) is 9.77. The summed E-state index contributed by atoms with van der Waals surface area (Å²) in [4.78, 5) is 12.4. The second-order valence-electron chi connectivity index (χ2n) is 6.47. The maximum Gasteiger partial charge on any atom is 0.136 e. The standard InChI is InChI=1S/C16H26O4/c17-15(4-3-14-2-1-8-19-14)13-5-9-20-16(12-13)6-10-18-11-7-16/h13-14H,1-12H2. The third-order valence-corrected chi connectivity index (χ3v) is 5.09. The molecule has 0 aromatic carbocycles. The van der Waals surface area contributed by atoms with Crippen LogP contribution >= 0.6 is 0 Å². The van der Waals surface area contributed by atoms with Gasteiger partial charge in [-0.2, -0.15) is 0 Å². The number of Topliss-reactive ketones (excluding diaryl/α,β-unsaturated/α-hetero) is 1. The molecule has 3 saturated heterocycles. The number of carbonyl (C=O) groups excluding carboxylic acids is 1. The van der Waals surface area contributed by atoms with Crippen molar-refractivity contribution in [3.63, 3.8) is 0 Å². The molecule has 0 aromatic rings. The van der Waals surface area contributed by atoms with Gasteiger partial charge >= 0.3 is 0 Å². The van der Waals surface area contributed by atoms with Crippen molar-refractivity contribution in [1.82, 2.24) is 0 Å². The fraction of sp³-hybridized carbons (Fsp3) is 0.938. The van der Waals surface area contributed by atoms with Crippen LogP contribution in [0.25, 0.3) is 0 Å². The molecule has 20 heavy (non-hydrogen) atoms. The van der Waals surface area contributed by atoms with Crippen molar-refractivity contribution in [3.05, 3.63) is 0 Å². The largest absolute Gasteiger partial charge is 0.381 e. The molecule has 3 aliphatic heterocycles. The molecular weight excluding hydrogens is 256 g/mol. The van der Waals surface area contributed by atoms with Gasteiger partial charge in [0.25, 0.3) is 0 Å². The molecule has 3 heterocycles. The molecule has 0 bridgehead atoms. The van der Waals surface area contributed by atoms with Crippen LogP contribution in [0.3, 0.4) is 0 Å². The number of ether oxygens (including phenoxy) is 3. The minimum atomic E-state index is -0.0688. The Hall–Kier alpha value is -0.450. The molecule has 4 heteroatoms. The third-order valence-electron chi connectivity index (χ3n) is 5.09. The highest BCUT2D eigenvalue weighted by Gasteiger charge is 2.40. The summed E-state index contributed by atoms with van der Waals surface area (Å²) >= 11 is 0. The van der Waals surface area contributed by atoms with E-state index in [-0.39, 0.29) is 11.5 Å². The highest BCUT2D eigenvalue weighted by Crippen LogP contribution is 2.38. The first-order valence-electron chi connectivity index (χ1n) is 8.13. The number of ketones is 1. The van der Waals surface area contributed by atoms with Gasteiger partial charge in [0.1, 0.15) is 5.78 Å². The zero-order valence-electron chi connectivity index (χ0n) is 12.3. The Kier molecular flexibility index (Phi) is 4.74. The summed E-state index contributed by atoms with van der Waals surface area (Å²) < 4.78 is 17.0. The zero-order valence-corrected chi connectivity index (χ0v) is 12.3. The molecule has 0 radical (unpaired) electrons. The van der Waals surface area contributed by atoms with E-state index in [1.54, 1.807) is 0 Å². The van der Waals surface area contributed by atoms with Gasteiger partial charge in [-0.1, -0.05) is 0 Å². The number of rotatable bonds is 4. The summed E-state index contributed by atoms with van der Waals surface area (Å²) in [6.45, 7) is 3.16. The lowest BCUT2D eigenvalue weighted by atomic mass is 9.78. The van der Waals surface area contributed by atoms with Crippen LogP contribution in [0.1, 0.15) is 51.4 Å². The smallest absolute Gasteiger partial charge is 0.136 e. The van der Waals surface area contributed by atoms with Crippen molar-refractivity contribution in [2.24, 2.45) is 5.92 Å². The predicted octanol–water partition coefficient (Wildman–Crippen LogP) is 2.49. The van der Waals surface area contributed by atoms with Crippen LogP contribution in [0, 0.1) is 5.92 Å². The van der Waals surface area contributed by atoms with Gasteiger partial charge in [0.05, 0.1) is 11.7 Å². The number of hydrogen-bond donors (Lipinski definition) is 0. The molecule has 0 aromatic heterocycles. The van der Waals surface area contributed by atoms with Crippen LogP contribution in [-0.2, 0) is 19.0 Å². The lowest BCUT2D eigenvalue weighted by Gasteiger charge is -2.43. The summed E-state index contributed by atoms with van der Waals surface area (Å²) in [5.41, 5.74) is -0.0688. The van der Waals surface area contributed by atoms with E-state index in [0.717, 1.165) is 71.4 Å². The van der Waals surface area contributed by atoms with Gasteiger partial charge in [0.2, 0.25) is 0 Å². The van der Waals surface area contributed by atoms with Gasteiger partial charge in [-0.05, 0) is 44.9 Å². The Morgan fingerprint density at radius 2 is 1.95 bits per heavy atom. The quantitative estimate of drug-likeness (QED) is 0.794. The molecule has 2 unspecified atom stereocenters. The minimum absolute atomic E-state index is 0.0688. The highest BCUT2D eigenvalue weighted by atomic mass is 16.5. The number of hydrogen-bond acceptors (Lipinski definition) is 4. The van der Waals surface area contributed by atoms with Crippen molar-refractivity contribution in [3.8, 4) is 0 Å². The molecule has 0 aliphatic carbocycles. The van der Waals surface area contributed by atoms with E-state index in [0.29, 0.717) is 18.3 Å². The van der Waals surface area contributed by atoms with Crippen LogP contribution in [0.15, 0.2) is 0 Å². The second-order valence-corrected chi connectivity index (χ2v) is 6.47. The van der Waals surface area contributed by atoms with Crippen molar-refractivity contribution in [1.29, 1.82) is 0 Å². The molecule has 3 rings (SSSR count). The van der Waals surface area contributed by atoms with Crippen molar-refractivity contribution >= 4 is 5.78 Å². The molecule has 1 spiro atoms. The fourth-order valence-electron chi connectivity index (χ4n) is 3.77. The molecule has 0 saturated carbocycles. The molecule has 3 aliphatic rings. The lowest BCUT2D eigenvalue weighted by molar-refractivity contribution is -0.157. The molecule has 0 N–H and O–H groups in total. The fourth-order valence-corrected chi connectivity index (χ4v) is 3.77. The minimum Gasteiger partial charge on any atom is -0.381 e. The van der Waals surface area contributed by atoms with E-state index in [2.05, 4.69) is 0 Å². The molecule has 3 fully saturated rings. The van der Waals surface area contributed by atoms with E-state index in [4.69, 9.17) is 14.2 Å². The maximum atomic E-state index is 12.4. The summed E-state index contributed by atoms with van der Waals surface area (Å²) in [6, 6.07) is 0. The van der Waals surface area contributed by atoms with Crippen molar-refractivity contribution < 1.29 is 19.0 Å². The highest BCUT2D eigenvalue weighted by molar-refractivity contribution is 5.81. The molecule has 4 nitrogen and oxygen atoms in total. The SMILES string of the molecule is O=C(CCC1CCCO1)C1CCOC2(CCOCC2)C1. The summed E-state index contributed by atoms with van der Waals surface area (Å²) in [6.07, 6.45) is 7.89. The van der Waals surface area contributed by atoms with Crippen molar-refractivity contribution in [2.45, 2.75) is 63.1 Å². The predicted molar refractivity (Wildman–Crippen MR) is 74.7 cm³/mol. The summed E-state index contributed by atoms with van der Waals surface area (Å²) in [5.74, 6) is 0.623. The Balaban J connectivity index is 1.49. The van der Waals surface area contributed by atoms with Gasteiger partial charge < -0.3 is 14.2 Å². The number of carbonyl (C=O) groups is 1. The Morgan fingerprint density at radius 3 is 2.70 bits per heavy atom. The van der Waals surface area contributed by atoms with Crippen LogP contribution < -0.4 is 0 Å². The van der Waals surface area contributed by atoms with Gasteiger partial charge in [0, 0.05) is 38.8 Å². The molecule has 2 atom stereocenters. The first-order valence-corrected chi connectivity index (χ1v) is 8.13. The van der Waals surface area contributed by atoms with Gasteiger partial charge in [-0.15, -0.1) is 0 Å². The average molecular weight is 282 g/mol. The van der Waals surface area contributed by atoms with Crippen molar-refractivity contribution in [2.75, 3.05) is 26.4 Å². The third kappa shape index (κ3) is 3.41. The molecule has 114 valence electrons. The average Bonchev–Trinajstić information content (AvgIpc) is 2.99. The topological polar surface area (TPSA) is 44.8 Å². The monoisotopic (exact) mass is 282 g/mol. The zero-order chi connectivity index (χ0) is 13.8. The normalized spacial score (nSPS) is 33.4. The second kappa shape index (κ2) is 6.54. The van der Waals surface area contributed by atoms with Crippen LogP contribution in [-0.4, -0.2) is 43.9 Å². The first kappa shape index (κ1) is 14.5.